The van der Waals surface area contributed by atoms with Gasteiger partial charge in [-0.1, -0.05) is 26.2 Å². The molecule has 1 rings (SSSR count). The van der Waals surface area contributed by atoms with Gasteiger partial charge in [0.15, 0.2) is 0 Å². The van der Waals surface area contributed by atoms with Crippen LogP contribution in [0, 0.1) is 11.8 Å². The van der Waals surface area contributed by atoms with Crippen LogP contribution in [0.25, 0.3) is 0 Å². The highest BCUT2D eigenvalue weighted by molar-refractivity contribution is 5.78. The summed E-state index contributed by atoms with van der Waals surface area (Å²) in [5, 5.41) is 1.72. The standard InChI is InChI=1S/C11H22N2O/c1-9(11(14)12-13(2)3)10-7-5-4-6-8-10/h9-10H,4-8H2,1-3H3,(H,12,14). The van der Waals surface area contributed by atoms with Gasteiger partial charge in [-0.05, 0) is 18.8 Å². The third-order valence-corrected chi connectivity index (χ3v) is 3.10. The van der Waals surface area contributed by atoms with E-state index in [0.29, 0.717) is 5.92 Å². The molecule has 0 aromatic rings. The van der Waals surface area contributed by atoms with Crippen molar-refractivity contribution >= 4 is 5.91 Å². The first-order valence-corrected chi connectivity index (χ1v) is 5.59. The van der Waals surface area contributed by atoms with E-state index in [4.69, 9.17) is 0 Å². The number of amides is 1. The van der Waals surface area contributed by atoms with E-state index in [-0.39, 0.29) is 11.8 Å². The van der Waals surface area contributed by atoms with Gasteiger partial charge in [0, 0.05) is 20.0 Å². The summed E-state index contributed by atoms with van der Waals surface area (Å²) < 4.78 is 0. The minimum absolute atomic E-state index is 0.165. The lowest BCUT2D eigenvalue weighted by Crippen LogP contribution is -2.41. The molecule has 0 heterocycles. The van der Waals surface area contributed by atoms with Crippen molar-refractivity contribution in [3.05, 3.63) is 0 Å². The molecular weight excluding hydrogens is 176 g/mol. The van der Waals surface area contributed by atoms with E-state index in [1.807, 2.05) is 14.1 Å². The van der Waals surface area contributed by atoms with Crippen LogP contribution in [0.1, 0.15) is 39.0 Å². The topological polar surface area (TPSA) is 32.3 Å². The molecule has 3 nitrogen and oxygen atoms in total. The molecule has 0 radical (unpaired) electrons. The van der Waals surface area contributed by atoms with Gasteiger partial charge in [-0.25, -0.2) is 5.01 Å². The maximum absolute atomic E-state index is 11.7. The lowest BCUT2D eigenvalue weighted by molar-refractivity contribution is -0.130. The summed E-state index contributed by atoms with van der Waals surface area (Å²) in [6.07, 6.45) is 6.39. The minimum atomic E-state index is 0.165. The Morgan fingerprint density at radius 1 is 1.29 bits per heavy atom. The monoisotopic (exact) mass is 198 g/mol. The molecule has 3 heteroatoms. The van der Waals surface area contributed by atoms with Crippen molar-refractivity contribution < 1.29 is 4.79 Å². The fourth-order valence-corrected chi connectivity index (χ4v) is 2.17. The third-order valence-electron chi connectivity index (χ3n) is 3.10. The molecule has 0 spiro atoms. The molecule has 1 saturated carbocycles. The van der Waals surface area contributed by atoms with Crippen LogP contribution in [-0.4, -0.2) is 25.0 Å². The maximum atomic E-state index is 11.7. The summed E-state index contributed by atoms with van der Waals surface area (Å²) >= 11 is 0. The first kappa shape index (κ1) is 11.5. The number of hydrogen-bond donors (Lipinski definition) is 1. The van der Waals surface area contributed by atoms with Crippen LogP contribution >= 0.6 is 0 Å². The summed E-state index contributed by atoms with van der Waals surface area (Å²) in [6, 6.07) is 0. The number of nitrogens with zero attached hydrogens (tertiary/aromatic N) is 1. The van der Waals surface area contributed by atoms with Crippen molar-refractivity contribution in [2.45, 2.75) is 39.0 Å². The Hall–Kier alpha value is -0.570. The molecule has 82 valence electrons. The largest absolute Gasteiger partial charge is 0.289 e. The van der Waals surface area contributed by atoms with Gasteiger partial charge in [0.05, 0.1) is 0 Å². The minimum Gasteiger partial charge on any atom is -0.289 e. The van der Waals surface area contributed by atoms with E-state index in [9.17, 15) is 4.79 Å². The van der Waals surface area contributed by atoms with E-state index in [0.717, 1.165) is 0 Å². The summed E-state index contributed by atoms with van der Waals surface area (Å²) in [5.74, 6) is 0.934. The number of carbonyl (C=O) groups excluding carboxylic acids is 1. The van der Waals surface area contributed by atoms with Crippen molar-refractivity contribution in [2.75, 3.05) is 14.1 Å². The summed E-state index contributed by atoms with van der Waals surface area (Å²) in [6.45, 7) is 2.05. The predicted molar refractivity (Wildman–Crippen MR) is 57.6 cm³/mol. The zero-order chi connectivity index (χ0) is 10.6. The maximum Gasteiger partial charge on any atom is 0.237 e. The molecule has 1 atom stereocenters. The van der Waals surface area contributed by atoms with Gasteiger partial charge in [-0.3, -0.25) is 10.2 Å². The van der Waals surface area contributed by atoms with Gasteiger partial charge >= 0.3 is 0 Å². The molecule has 0 aromatic carbocycles. The lowest BCUT2D eigenvalue weighted by Gasteiger charge is -2.27. The highest BCUT2D eigenvalue weighted by atomic mass is 16.2. The molecule has 0 saturated heterocycles. The van der Waals surface area contributed by atoms with Gasteiger partial charge in [-0.2, -0.15) is 0 Å². The summed E-state index contributed by atoms with van der Waals surface area (Å²) in [5.41, 5.74) is 2.83. The fourth-order valence-electron chi connectivity index (χ4n) is 2.17. The van der Waals surface area contributed by atoms with Crippen LogP contribution in [0.4, 0.5) is 0 Å². The number of rotatable bonds is 3. The van der Waals surface area contributed by atoms with Crippen molar-refractivity contribution in [2.24, 2.45) is 11.8 Å². The van der Waals surface area contributed by atoms with Crippen LogP contribution in [-0.2, 0) is 4.79 Å². The zero-order valence-corrected chi connectivity index (χ0v) is 9.55. The van der Waals surface area contributed by atoms with Gasteiger partial charge in [-0.15, -0.1) is 0 Å². The quantitative estimate of drug-likeness (QED) is 0.701. The Labute approximate surface area is 86.8 Å². The first-order chi connectivity index (χ1) is 6.61. The highest BCUT2D eigenvalue weighted by Crippen LogP contribution is 2.29. The molecule has 0 aromatic heterocycles. The van der Waals surface area contributed by atoms with Crippen LogP contribution in [0.15, 0.2) is 0 Å². The second-order valence-electron chi connectivity index (χ2n) is 4.56. The molecule has 1 unspecified atom stereocenters. The van der Waals surface area contributed by atoms with Gasteiger partial charge in [0.1, 0.15) is 0 Å². The van der Waals surface area contributed by atoms with Crippen molar-refractivity contribution in [1.29, 1.82) is 0 Å². The Balaban J connectivity index is 2.38. The molecule has 1 amide bonds. The van der Waals surface area contributed by atoms with Crippen LogP contribution in [0.3, 0.4) is 0 Å². The highest BCUT2D eigenvalue weighted by Gasteiger charge is 2.25. The van der Waals surface area contributed by atoms with Crippen LogP contribution in [0.5, 0.6) is 0 Å². The van der Waals surface area contributed by atoms with Crippen molar-refractivity contribution in [1.82, 2.24) is 10.4 Å². The Morgan fingerprint density at radius 3 is 2.36 bits per heavy atom. The van der Waals surface area contributed by atoms with Crippen molar-refractivity contribution in [3.8, 4) is 0 Å². The second-order valence-corrected chi connectivity index (χ2v) is 4.56. The van der Waals surface area contributed by atoms with Gasteiger partial charge in [0.25, 0.3) is 0 Å². The fraction of sp³-hybridized carbons (Fsp3) is 0.909. The number of hydrazine groups is 1. The average Bonchev–Trinajstić information content (AvgIpc) is 2.17. The third kappa shape index (κ3) is 3.29. The van der Waals surface area contributed by atoms with Gasteiger partial charge in [0.2, 0.25) is 5.91 Å². The van der Waals surface area contributed by atoms with Gasteiger partial charge < -0.3 is 0 Å². The lowest BCUT2D eigenvalue weighted by atomic mass is 9.80. The number of carbonyl (C=O) groups is 1. The van der Waals surface area contributed by atoms with Crippen molar-refractivity contribution in [3.63, 3.8) is 0 Å². The Kier molecular flexibility index (Phi) is 4.39. The van der Waals surface area contributed by atoms with E-state index < -0.39 is 0 Å². The van der Waals surface area contributed by atoms with Crippen LogP contribution in [0.2, 0.25) is 0 Å². The molecule has 1 N–H and O–H groups in total. The van der Waals surface area contributed by atoms with E-state index in [1.54, 1.807) is 5.01 Å². The molecule has 0 bridgehead atoms. The number of nitrogens with one attached hydrogen (secondary N) is 1. The smallest absolute Gasteiger partial charge is 0.237 e. The zero-order valence-electron chi connectivity index (χ0n) is 9.55. The predicted octanol–water partition coefficient (Wildman–Crippen LogP) is 1.80. The van der Waals surface area contributed by atoms with E-state index >= 15 is 0 Å². The first-order valence-electron chi connectivity index (χ1n) is 5.59. The van der Waals surface area contributed by atoms with E-state index in [2.05, 4.69) is 12.3 Å². The molecule has 14 heavy (non-hydrogen) atoms. The number of hydrogen-bond acceptors (Lipinski definition) is 2. The molecule has 0 aliphatic heterocycles. The average molecular weight is 198 g/mol. The van der Waals surface area contributed by atoms with E-state index in [1.165, 1.54) is 32.1 Å². The summed E-state index contributed by atoms with van der Waals surface area (Å²) in [4.78, 5) is 11.7. The summed E-state index contributed by atoms with van der Waals surface area (Å²) in [7, 11) is 3.71. The Morgan fingerprint density at radius 2 is 1.86 bits per heavy atom. The SMILES string of the molecule is CC(C(=O)NN(C)C)C1CCCCC1. The molecule has 1 fully saturated rings. The Bertz CT molecular complexity index is 186. The van der Waals surface area contributed by atoms with Crippen LogP contribution < -0.4 is 5.43 Å². The molecular formula is C11H22N2O. The molecule has 1 aliphatic rings. The molecule has 1 aliphatic carbocycles. The second kappa shape index (κ2) is 5.35. The normalized spacial score (nSPS) is 20.9.